The number of carbonyl (C=O) groups excluding carboxylic acids is 2. The molecule has 2 atom stereocenters. The van der Waals surface area contributed by atoms with Gasteiger partial charge in [-0.1, -0.05) is 60.1 Å². The molecule has 2 amide bonds. The summed E-state index contributed by atoms with van der Waals surface area (Å²) < 4.78 is 0. The lowest BCUT2D eigenvalue weighted by Gasteiger charge is -2.19. The minimum Gasteiger partial charge on any atom is -0.384 e. The van der Waals surface area contributed by atoms with E-state index in [-0.39, 0.29) is 25.4 Å². The summed E-state index contributed by atoms with van der Waals surface area (Å²) in [6.45, 7) is 0.268. The van der Waals surface area contributed by atoms with E-state index in [0.29, 0.717) is 16.4 Å². The second kappa shape index (κ2) is 11.3. The molecule has 0 radical (unpaired) electrons. The zero-order chi connectivity index (χ0) is 22.9. The molecule has 0 aliphatic carbocycles. The van der Waals surface area contributed by atoms with Gasteiger partial charge in [0.2, 0.25) is 11.8 Å². The van der Waals surface area contributed by atoms with E-state index in [0.717, 1.165) is 11.1 Å². The van der Waals surface area contributed by atoms with E-state index in [4.69, 9.17) is 17.3 Å². The molecular formula is C24H25ClN4O3. The van der Waals surface area contributed by atoms with E-state index in [1.54, 1.807) is 42.6 Å². The van der Waals surface area contributed by atoms with Crippen molar-refractivity contribution in [2.45, 2.75) is 25.0 Å². The maximum atomic E-state index is 13.0. The van der Waals surface area contributed by atoms with E-state index in [1.807, 2.05) is 30.3 Å². The number of nitrogens with two attached hydrogens (primary N) is 1. The third-order valence-corrected chi connectivity index (χ3v) is 5.17. The summed E-state index contributed by atoms with van der Waals surface area (Å²) in [5.41, 5.74) is 7.88. The number of anilines is 1. The number of aromatic nitrogens is 1. The highest BCUT2D eigenvalue weighted by molar-refractivity contribution is 6.30. The molecule has 0 aliphatic heterocycles. The van der Waals surface area contributed by atoms with Gasteiger partial charge < -0.3 is 21.5 Å². The van der Waals surface area contributed by atoms with Gasteiger partial charge in [-0.15, -0.1) is 0 Å². The number of carbonyl (C=O) groups is 2. The highest BCUT2D eigenvalue weighted by Gasteiger charge is 2.23. The molecule has 1 heterocycles. The van der Waals surface area contributed by atoms with E-state index in [9.17, 15) is 14.7 Å². The molecule has 3 rings (SSSR count). The Labute approximate surface area is 191 Å². The molecule has 5 N–H and O–H groups in total. The number of rotatable bonds is 9. The van der Waals surface area contributed by atoms with Crippen molar-refractivity contribution in [2.24, 2.45) is 0 Å². The van der Waals surface area contributed by atoms with Gasteiger partial charge in [0, 0.05) is 30.7 Å². The molecule has 0 saturated heterocycles. The van der Waals surface area contributed by atoms with Crippen LogP contribution >= 0.6 is 11.6 Å². The number of halogens is 1. The lowest BCUT2D eigenvalue weighted by Crippen LogP contribution is -2.41. The van der Waals surface area contributed by atoms with Gasteiger partial charge in [-0.2, -0.15) is 0 Å². The summed E-state index contributed by atoms with van der Waals surface area (Å²) in [5.74, 6) is -1.13. The van der Waals surface area contributed by atoms with Crippen LogP contribution in [0, 0.1) is 0 Å². The predicted octanol–water partition coefficient (Wildman–Crippen LogP) is 2.44. The fraction of sp³-hybridized carbons (Fsp3) is 0.208. The van der Waals surface area contributed by atoms with Crippen molar-refractivity contribution in [1.29, 1.82) is 0 Å². The molecule has 0 spiro atoms. The summed E-state index contributed by atoms with van der Waals surface area (Å²) >= 11 is 6.11. The zero-order valence-electron chi connectivity index (χ0n) is 17.4. The Kier molecular flexibility index (Phi) is 8.19. The van der Waals surface area contributed by atoms with Gasteiger partial charge in [0.05, 0.1) is 5.92 Å². The summed E-state index contributed by atoms with van der Waals surface area (Å²) in [6.07, 6.45) is 0.553. The molecule has 0 bridgehead atoms. The lowest BCUT2D eigenvalue weighted by molar-refractivity contribution is -0.129. The highest BCUT2D eigenvalue weighted by atomic mass is 35.5. The number of amides is 2. The highest BCUT2D eigenvalue weighted by Crippen LogP contribution is 2.20. The van der Waals surface area contributed by atoms with Crippen LogP contribution in [0.4, 0.5) is 5.82 Å². The van der Waals surface area contributed by atoms with Crippen molar-refractivity contribution in [3.63, 3.8) is 0 Å². The van der Waals surface area contributed by atoms with Crippen LogP contribution < -0.4 is 16.4 Å². The van der Waals surface area contributed by atoms with Crippen LogP contribution in [0.1, 0.15) is 22.6 Å². The van der Waals surface area contributed by atoms with Crippen molar-refractivity contribution in [1.82, 2.24) is 15.6 Å². The third kappa shape index (κ3) is 6.80. The number of hydrogen-bond donors (Lipinski definition) is 4. The standard InChI is InChI=1S/C24H25ClN4O3/c25-19-8-4-7-18(12-19)20(23(31)28-14-17-9-10-22(26)27-13-17)15-29-24(32)21(30)11-16-5-2-1-3-6-16/h1-10,12-13,20-21,30H,11,14-15H2,(H2,26,27)(H,28,31)(H,29,32)/t20-,21+/m0/s1. The minimum absolute atomic E-state index is 0.0108. The summed E-state index contributed by atoms with van der Waals surface area (Å²) in [7, 11) is 0. The molecule has 32 heavy (non-hydrogen) atoms. The Balaban J connectivity index is 1.65. The Morgan fingerprint density at radius 3 is 2.44 bits per heavy atom. The topological polar surface area (TPSA) is 117 Å². The van der Waals surface area contributed by atoms with Crippen molar-refractivity contribution in [2.75, 3.05) is 12.3 Å². The summed E-state index contributed by atoms with van der Waals surface area (Å²) in [6, 6.07) is 19.6. The first kappa shape index (κ1) is 23.2. The van der Waals surface area contributed by atoms with Gasteiger partial charge in [0.15, 0.2) is 0 Å². The molecule has 1 aromatic heterocycles. The van der Waals surface area contributed by atoms with E-state index >= 15 is 0 Å². The van der Waals surface area contributed by atoms with Gasteiger partial charge in [-0.25, -0.2) is 4.98 Å². The Bertz CT molecular complexity index is 1040. The smallest absolute Gasteiger partial charge is 0.249 e. The van der Waals surface area contributed by atoms with Crippen molar-refractivity contribution in [3.8, 4) is 0 Å². The number of benzene rings is 2. The maximum Gasteiger partial charge on any atom is 0.249 e. The van der Waals surface area contributed by atoms with Crippen molar-refractivity contribution >= 4 is 29.2 Å². The van der Waals surface area contributed by atoms with Crippen LogP contribution in [-0.4, -0.2) is 34.6 Å². The summed E-state index contributed by atoms with van der Waals surface area (Å²) in [5, 5.41) is 16.3. The fourth-order valence-electron chi connectivity index (χ4n) is 3.19. The molecule has 8 heteroatoms. The number of aliphatic hydroxyl groups is 1. The first-order valence-corrected chi connectivity index (χ1v) is 10.5. The number of hydrogen-bond acceptors (Lipinski definition) is 5. The normalized spacial score (nSPS) is 12.6. The molecule has 7 nitrogen and oxygen atoms in total. The average molecular weight is 453 g/mol. The van der Waals surface area contributed by atoms with E-state index in [2.05, 4.69) is 15.6 Å². The van der Waals surface area contributed by atoms with Gasteiger partial charge in [0.1, 0.15) is 11.9 Å². The molecule has 0 saturated carbocycles. The van der Waals surface area contributed by atoms with Crippen molar-refractivity contribution < 1.29 is 14.7 Å². The van der Waals surface area contributed by atoms with Crippen LogP contribution in [0.25, 0.3) is 0 Å². The molecule has 166 valence electrons. The van der Waals surface area contributed by atoms with Gasteiger partial charge >= 0.3 is 0 Å². The van der Waals surface area contributed by atoms with Crippen LogP contribution in [0.3, 0.4) is 0 Å². The number of aliphatic hydroxyl groups excluding tert-OH is 1. The quantitative estimate of drug-likeness (QED) is 0.398. The number of nitrogens with zero attached hydrogens (tertiary/aromatic N) is 1. The number of nitrogens with one attached hydrogen (secondary N) is 2. The van der Waals surface area contributed by atoms with Gasteiger partial charge in [0.25, 0.3) is 0 Å². The van der Waals surface area contributed by atoms with Crippen LogP contribution in [0.5, 0.6) is 0 Å². The fourth-order valence-corrected chi connectivity index (χ4v) is 3.39. The zero-order valence-corrected chi connectivity index (χ0v) is 18.1. The Hall–Kier alpha value is -3.42. The number of nitrogen functional groups attached to an aromatic ring is 1. The van der Waals surface area contributed by atoms with E-state index in [1.165, 1.54) is 0 Å². The van der Waals surface area contributed by atoms with Crippen LogP contribution in [-0.2, 0) is 22.6 Å². The molecule has 0 aliphatic rings. The first-order valence-electron chi connectivity index (χ1n) is 10.2. The molecule has 0 unspecified atom stereocenters. The van der Waals surface area contributed by atoms with E-state index < -0.39 is 17.9 Å². The summed E-state index contributed by atoms with van der Waals surface area (Å²) in [4.78, 5) is 29.4. The van der Waals surface area contributed by atoms with Gasteiger partial charge in [-0.05, 0) is 34.9 Å². The minimum atomic E-state index is -1.22. The molecule has 2 aromatic carbocycles. The first-order chi connectivity index (χ1) is 15.4. The lowest BCUT2D eigenvalue weighted by atomic mass is 9.97. The van der Waals surface area contributed by atoms with Gasteiger partial charge in [-0.3, -0.25) is 9.59 Å². The molecule has 3 aromatic rings. The third-order valence-electron chi connectivity index (χ3n) is 4.94. The average Bonchev–Trinajstić information content (AvgIpc) is 2.79. The number of pyridine rings is 1. The van der Waals surface area contributed by atoms with Crippen LogP contribution in [0.15, 0.2) is 72.9 Å². The van der Waals surface area contributed by atoms with Crippen LogP contribution in [0.2, 0.25) is 5.02 Å². The molecule has 0 fully saturated rings. The van der Waals surface area contributed by atoms with Crippen molar-refractivity contribution in [3.05, 3.63) is 94.6 Å². The second-order valence-corrected chi connectivity index (χ2v) is 7.80. The SMILES string of the molecule is Nc1ccc(CNC(=O)[C@@H](CNC(=O)[C@H](O)Cc2ccccc2)c2cccc(Cl)c2)cn1. The largest absolute Gasteiger partial charge is 0.384 e. The Morgan fingerprint density at radius 2 is 1.75 bits per heavy atom. The maximum absolute atomic E-state index is 13.0. The second-order valence-electron chi connectivity index (χ2n) is 7.37. The predicted molar refractivity (Wildman–Crippen MR) is 124 cm³/mol. The molecular weight excluding hydrogens is 428 g/mol. The Morgan fingerprint density at radius 1 is 0.969 bits per heavy atom. The monoisotopic (exact) mass is 452 g/mol.